The Labute approximate surface area is 130 Å². The molecule has 1 aliphatic heterocycles. The number of piperazine rings is 1. The number of carbonyl (C=O) groups excluding carboxylic acids is 2. The van der Waals surface area contributed by atoms with Crippen LogP contribution in [0.2, 0.25) is 0 Å². The van der Waals surface area contributed by atoms with Crippen LogP contribution in [0.25, 0.3) is 0 Å². The van der Waals surface area contributed by atoms with E-state index >= 15 is 0 Å². The smallest absolute Gasteiger partial charge is 0.231 e. The van der Waals surface area contributed by atoms with Crippen LogP contribution in [0.3, 0.4) is 0 Å². The van der Waals surface area contributed by atoms with E-state index in [2.05, 4.69) is 11.1 Å². The van der Waals surface area contributed by atoms with Gasteiger partial charge >= 0.3 is 0 Å². The van der Waals surface area contributed by atoms with Gasteiger partial charge in [-0.05, 0) is 30.9 Å². The van der Waals surface area contributed by atoms with Gasteiger partial charge in [0.2, 0.25) is 11.8 Å². The molecule has 6 nitrogen and oxygen atoms in total. The molecule has 1 atom stereocenters. The summed E-state index contributed by atoms with van der Waals surface area (Å²) < 4.78 is 0. The molecule has 0 bridgehead atoms. The standard InChI is InChI=1S/C16H22N4O2/c17-14(21)11-19-7-9-20(10-8-19)16(22)13-5-1-3-12-4-2-6-18-15(12)13/h2,4,6,13H,1,3,5,7-11H2,(H2,17,21). The SMILES string of the molecule is NC(=O)CN1CCN(C(=O)C2CCCc3cccnc32)CC1. The molecular weight excluding hydrogens is 280 g/mol. The first-order chi connectivity index (χ1) is 10.6. The number of rotatable bonds is 3. The van der Waals surface area contributed by atoms with Gasteiger partial charge in [0.05, 0.1) is 18.2 Å². The first kappa shape index (κ1) is 15.0. The molecule has 118 valence electrons. The fraction of sp³-hybridized carbons (Fsp3) is 0.562. The summed E-state index contributed by atoms with van der Waals surface area (Å²) in [6.45, 7) is 3.00. The van der Waals surface area contributed by atoms with Crippen molar-refractivity contribution in [2.75, 3.05) is 32.7 Å². The molecule has 0 aromatic carbocycles. The van der Waals surface area contributed by atoms with Crippen LogP contribution in [-0.4, -0.2) is 59.3 Å². The molecule has 0 radical (unpaired) electrons. The van der Waals surface area contributed by atoms with Gasteiger partial charge in [0.25, 0.3) is 0 Å². The van der Waals surface area contributed by atoms with Gasteiger partial charge in [-0.25, -0.2) is 0 Å². The minimum Gasteiger partial charge on any atom is -0.369 e. The average Bonchev–Trinajstić information content (AvgIpc) is 2.54. The molecule has 1 aromatic heterocycles. The Bertz CT molecular complexity index is 567. The van der Waals surface area contributed by atoms with Crippen molar-refractivity contribution in [2.24, 2.45) is 5.73 Å². The van der Waals surface area contributed by atoms with Crippen LogP contribution in [0.4, 0.5) is 0 Å². The second-order valence-corrected chi connectivity index (χ2v) is 6.06. The van der Waals surface area contributed by atoms with Gasteiger partial charge in [0.1, 0.15) is 0 Å². The van der Waals surface area contributed by atoms with Crippen molar-refractivity contribution in [3.8, 4) is 0 Å². The Morgan fingerprint density at radius 3 is 2.77 bits per heavy atom. The molecule has 1 aromatic rings. The number of hydrogen-bond acceptors (Lipinski definition) is 4. The minimum atomic E-state index is -0.315. The third-order valence-electron chi connectivity index (χ3n) is 4.56. The molecule has 0 saturated carbocycles. The lowest BCUT2D eigenvalue weighted by molar-refractivity contribution is -0.135. The van der Waals surface area contributed by atoms with Gasteiger partial charge in [-0.3, -0.25) is 19.5 Å². The van der Waals surface area contributed by atoms with Gasteiger partial charge in [-0.15, -0.1) is 0 Å². The van der Waals surface area contributed by atoms with E-state index in [-0.39, 0.29) is 24.3 Å². The highest BCUT2D eigenvalue weighted by molar-refractivity contribution is 5.84. The number of aromatic nitrogens is 1. The Hall–Kier alpha value is -1.95. The first-order valence-electron chi connectivity index (χ1n) is 7.88. The molecule has 2 N–H and O–H groups in total. The third kappa shape index (κ3) is 3.11. The Kier molecular flexibility index (Phi) is 4.38. The highest BCUT2D eigenvalue weighted by Gasteiger charge is 2.32. The van der Waals surface area contributed by atoms with Gasteiger partial charge in [0.15, 0.2) is 0 Å². The van der Waals surface area contributed by atoms with E-state index in [0.717, 1.165) is 25.0 Å². The van der Waals surface area contributed by atoms with Crippen LogP contribution in [0.5, 0.6) is 0 Å². The predicted octanol–water partition coefficient (Wildman–Crippen LogP) is 0.131. The maximum Gasteiger partial charge on any atom is 0.231 e. The summed E-state index contributed by atoms with van der Waals surface area (Å²) in [5.74, 6) is -0.240. The van der Waals surface area contributed by atoms with Gasteiger partial charge < -0.3 is 10.6 Å². The van der Waals surface area contributed by atoms with Gasteiger partial charge in [-0.2, -0.15) is 0 Å². The van der Waals surface area contributed by atoms with Crippen LogP contribution < -0.4 is 5.73 Å². The Balaban J connectivity index is 1.65. The van der Waals surface area contributed by atoms with E-state index < -0.39 is 0 Å². The van der Waals surface area contributed by atoms with E-state index in [9.17, 15) is 9.59 Å². The summed E-state index contributed by atoms with van der Waals surface area (Å²) >= 11 is 0. The van der Waals surface area contributed by atoms with Crippen LogP contribution in [0.1, 0.15) is 30.0 Å². The van der Waals surface area contributed by atoms with Crippen molar-refractivity contribution >= 4 is 11.8 Å². The van der Waals surface area contributed by atoms with E-state index in [0.29, 0.717) is 26.2 Å². The number of amides is 2. The molecule has 2 amide bonds. The van der Waals surface area contributed by atoms with Crippen molar-refractivity contribution in [2.45, 2.75) is 25.2 Å². The fourth-order valence-corrected chi connectivity index (χ4v) is 3.42. The Morgan fingerprint density at radius 2 is 2.05 bits per heavy atom. The lowest BCUT2D eigenvalue weighted by Crippen LogP contribution is -2.51. The predicted molar refractivity (Wildman–Crippen MR) is 82.1 cm³/mol. The second-order valence-electron chi connectivity index (χ2n) is 6.06. The topological polar surface area (TPSA) is 79.5 Å². The average molecular weight is 302 g/mol. The van der Waals surface area contributed by atoms with Crippen LogP contribution in [0.15, 0.2) is 18.3 Å². The first-order valence-corrected chi connectivity index (χ1v) is 7.88. The zero-order valence-electron chi connectivity index (χ0n) is 12.7. The lowest BCUT2D eigenvalue weighted by Gasteiger charge is -2.36. The van der Waals surface area contributed by atoms with Crippen LogP contribution >= 0.6 is 0 Å². The molecule has 1 fully saturated rings. The molecular formula is C16H22N4O2. The van der Waals surface area contributed by atoms with Crippen LogP contribution in [0, 0.1) is 0 Å². The molecule has 1 unspecified atom stereocenters. The maximum atomic E-state index is 12.8. The molecule has 6 heteroatoms. The van der Waals surface area contributed by atoms with Gasteiger partial charge in [-0.1, -0.05) is 6.07 Å². The van der Waals surface area contributed by atoms with E-state index in [1.807, 2.05) is 15.9 Å². The fourth-order valence-electron chi connectivity index (χ4n) is 3.42. The number of aryl methyl sites for hydroxylation is 1. The van der Waals surface area contributed by atoms with Crippen LogP contribution in [-0.2, 0) is 16.0 Å². The number of nitrogens with zero attached hydrogens (tertiary/aromatic N) is 3. The number of carbonyl (C=O) groups is 2. The number of primary amides is 1. The highest BCUT2D eigenvalue weighted by atomic mass is 16.2. The van der Waals surface area contributed by atoms with E-state index in [1.54, 1.807) is 6.20 Å². The summed E-state index contributed by atoms with van der Waals surface area (Å²) in [4.78, 5) is 32.1. The van der Waals surface area contributed by atoms with E-state index in [1.165, 1.54) is 5.56 Å². The maximum absolute atomic E-state index is 12.8. The minimum absolute atomic E-state index is 0.104. The molecule has 1 saturated heterocycles. The largest absolute Gasteiger partial charge is 0.369 e. The second kappa shape index (κ2) is 6.44. The molecule has 22 heavy (non-hydrogen) atoms. The van der Waals surface area contributed by atoms with Crippen molar-refractivity contribution in [3.05, 3.63) is 29.6 Å². The molecule has 0 spiro atoms. The third-order valence-corrected chi connectivity index (χ3v) is 4.56. The highest BCUT2D eigenvalue weighted by Crippen LogP contribution is 2.31. The summed E-state index contributed by atoms with van der Waals surface area (Å²) in [5.41, 5.74) is 7.38. The quantitative estimate of drug-likeness (QED) is 0.861. The number of fused-ring (bicyclic) bond motifs is 1. The monoisotopic (exact) mass is 302 g/mol. The van der Waals surface area contributed by atoms with E-state index in [4.69, 9.17) is 5.73 Å². The Morgan fingerprint density at radius 1 is 1.27 bits per heavy atom. The summed E-state index contributed by atoms with van der Waals surface area (Å²) in [6.07, 6.45) is 4.70. The molecule has 3 rings (SSSR count). The van der Waals surface area contributed by atoms with Crippen molar-refractivity contribution in [1.29, 1.82) is 0 Å². The van der Waals surface area contributed by atoms with Crippen molar-refractivity contribution < 1.29 is 9.59 Å². The van der Waals surface area contributed by atoms with Gasteiger partial charge in [0, 0.05) is 32.4 Å². The summed E-state index contributed by atoms with van der Waals surface area (Å²) in [7, 11) is 0. The number of nitrogens with two attached hydrogens (primary N) is 1. The van der Waals surface area contributed by atoms with Crippen molar-refractivity contribution in [1.82, 2.24) is 14.8 Å². The molecule has 2 aliphatic rings. The molecule has 2 heterocycles. The number of hydrogen-bond donors (Lipinski definition) is 1. The normalized spacial score (nSPS) is 22.2. The lowest BCUT2D eigenvalue weighted by atomic mass is 9.85. The zero-order valence-corrected chi connectivity index (χ0v) is 12.7. The molecule has 1 aliphatic carbocycles. The van der Waals surface area contributed by atoms with Crippen molar-refractivity contribution in [3.63, 3.8) is 0 Å². The summed E-state index contributed by atoms with van der Waals surface area (Å²) in [6, 6.07) is 4.01. The summed E-state index contributed by atoms with van der Waals surface area (Å²) in [5, 5.41) is 0. The number of pyridine rings is 1. The zero-order chi connectivity index (χ0) is 15.5.